The van der Waals surface area contributed by atoms with Crippen molar-refractivity contribution in [1.29, 1.82) is 0 Å². The summed E-state index contributed by atoms with van der Waals surface area (Å²) in [5.74, 6) is 0.382. The number of carbonyl (C=O) groups is 2. The van der Waals surface area contributed by atoms with Gasteiger partial charge >= 0.3 is 24.3 Å². The summed E-state index contributed by atoms with van der Waals surface area (Å²) in [5.41, 5.74) is -6.20. The first kappa shape index (κ1) is 38.9. The van der Waals surface area contributed by atoms with E-state index in [9.17, 15) is 41.0 Å². The number of ether oxygens (including phenoxy) is 2. The molecule has 2 N–H and O–H groups in total. The van der Waals surface area contributed by atoms with Gasteiger partial charge < -0.3 is 19.7 Å². The second-order valence-corrected chi connectivity index (χ2v) is 16.2. The van der Waals surface area contributed by atoms with Gasteiger partial charge in [0.05, 0.1) is 23.5 Å². The van der Waals surface area contributed by atoms with Gasteiger partial charge in [-0.25, -0.2) is 0 Å². The van der Waals surface area contributed by atoms with Gasteiger partial charge in [0.2, 0.25) is 0 Å². The highest BCUT2D eigenvalue weighted by Gasteiger charge is 2.71. The molecule has 6 rings (SSSR count). The van der Waals surface area contributed by atoms with Gasteiger partial charge in [0.1, 0.15) is 5.60 Å². The number of esters is 2. The molecule has 0 saturated heterocycles. The molecule has 12 heteroatoms. The summed E-state index contributed by atoms with van der Waals surface area (Å²) < 4.78 is 85.7. The zero-order valence-electron chi connectivity index (χ0n) is 28.4. The van der Waals surface area contributed by atoms with Crippen LogP contribution in [0.1, 0.15) is 125 Å². The highest BCUT2D eigenvalue weighted by atomic mass is 19.4. The molecule has 6 aliphatic rings. The van der Waals surface area contributed by atoms with Crippen molar-refractivity contribution >= 4 is 11.9 Å². The smallest absolute Gasteiger partial charge is 0.426 e. The standard InChI is InChI=1S/C16H26O3.C11H14F6O.C7H14O2/c1-4-14(2,3)13(17)19-16-8-11-5-12(9-16)7-15(18,6-11)10-16;12-10(13,14)9(18,11(15,16)17)5-8-4-6-1-2-7(8)3-6;1-5-7(2,3)6(8)9-4/h11-12,18H,4-10H2,1-3H3;6-8,18H,1-5H2;5H2,1-4H3. The van der Waals surface area contributed by atoms with Crippen molar-refractivity contribution in [1.82, 2.24) is 0 Å². The first-order valence-electron chi connectivity index (χ1n) is 16.7. The molecular weight excluding hydrogens is 618 g/mol. The number of fused-ring (bicyclic) bond motifs is 2. The Morgan fingerprint density at radius 2 is 1.26 bits per heavy atom. The molecule has 0 radical (unpaired) electrons. The Morgan fingerprint density at radius 3 is 1.61 bits per heavy atom. The summed E-state index contributed by atoms with van der Waals surface area (Å²) in [7, 11) is 1.42. The summed E-state index contributed by atoms with van der Waals surface area (Å²) in [5, 5.41) is 19.8. The molecule has 6 fully saturated rings. The van der Waals surface area contributed by atoms with Crippen LogP contribution in [0.3, 0.4) is 0 Å². The Morgan fingerprint density at radius 1 is 0.761 bits per heavy atom. The zero-order chi connectivity index (χ0) is 35.1. The fourth-order valence-corrected chi connectivity index (χ4v) is 8.55. The molecule has 5 atom stereocenters. The van der Waals surface area contributed by atoms with Crippen LogP contribution in [0.15, 0.2) is 0 Å². The first-order valence-corrected chi connectivity index (χ1v) is 16.7. The molecule has 0 aromatic carbocycles. The van der Waals surface area contributed by atoms with Crippen LogP contribution in [0.25, 0.3) is 0 Å². The monoisotopic (exact) mass is 672 g/mol. The van der Waals surface area contributed by atoms with E-state index in [4.69, 9.17) is 9.84 Å². The van der Waals surface area contributed by atoms with E-state index in [0.717, 1.165) is 44.9 Å². The molecule has 0 amide bonds. The second kappa shape index (κ2) is 13.4. The molecule has 6 saturated carbocycles. The van der Waals surface area contributed by atoms with Crippen molar-refractivity contribution in [2.45, 2.75) is 154 Å². The Labute approximate surface area is 269 Å². The van der Waals surface area contributed by atoms with Crippen LogP contribution >= 0.6 is 0 Å². The van der Waals surface area contributed by atoms with Crippen molar-refractivity contribution in [3.05, 3.63) is 0 Å². The summed E-state index contributed by atoms with van der Waals surface area (Å²) in [6, 6.07) is 0. The van der Waals surface area contributed by atoms with Gasteiger partial charge in [-0.2, -0.15) is 26.3 Å². The van der Waals surface area contributed by atoms with Crippen molar-refractivity contribution < 1.29 is 55.6 Å². The molecule has 46 heavy (non-hydrogen) atoms. The van der Waals surface area contributed by atoms with E-state index in [1.54, 1.807) is 0 Å². The molecule has 6 bridgehead atoms. The normalized spacial score (nSPS) is 33.5. The summed E-state index contributed by atoms with van der Waals surface area (Å²) in [4.78, 5) is 23.2. The third-order valence-corrected chi connectivity index (χ3v) is 11.7. The number of halogens is 6. The van der Waals surface area contributed by atoms with Crippen LogP contribution in [0.2, 0.25) is 0 Å². The number of hydrogen-bond acceptors (Lipinski definition) is 6. The molecule has 0 aromatic rings. The molecule has 5 unspecified atom stereocenters. The van der Waals surface area contributed by atoms with Gasteiger partial charge in [-0.3, -0.25) is 9.59 Å². The third kappa shape index (κ3) is 8.35. The van der Waals surface area contributed by atoms with Crippen molar-refractivity contribution in [2.24, 2.45) is 40.4 Å². The van der Waals surface area contributed by atoms with Gasteiger partial charge in [-0.1, -0.05) is 20.3 Å². The lowest BCUT2D eigenvalue weighted by molar-refractivity contribution is -0.373. The van der Waals surface area contributed by atoms with Crippen LogP contribution in [-0.2, 0) is 19.1 Å². The number of alkyl halides is 6. The Balaban J connectivity index is 0.000000201. The number of aliphatic hydroxyl groups is 2. The number of carbonyl (C=O) groups excluding carboxylic acids is 2. The van der Waals surface area contributed by atoms with Gasteiger partial charge in [0.15, 0.2) is 0 Å². The Bertz CT molecular complexity index is 1050. The fraction of sp³-hybridized carbons (Fsp3) is 0.941. The molecule has 6 aliphatic carbocycles. The van der Waals surface area contributed by atoms with Crippen molar-refractivity contribution in [3.8, 4) is 0 Å². The van der Waals surface area contributed by atoms with E-state index in [-0.39, 0.29) is 34.8 Å². The van der Waals surface area contributed by atoms with E-state index >= 15 is 0 Å². The van der Waals surface area contributed by atoms with Gasteiger partial charge in [-0.15, -0.1) is 0 Å². The maximum absolute atomic E-state index is 12.5. The van der Waals surface area contributed by atoms with E-state index in [1.165, 1.54) is 13.5 Å². The molecule has 0 spiro atoms. The van der Waals surface area contributed by atoms with E-state index in [1.807, 2.05) is 41.5 Å². The average molecular weight is 673 g/mol. The molecular formula is C34H54F6O6. The minimum absolute atomic E-state index is 0.0828. The highest BCUT2D eigenvalue weighted by molar-refractivity contribution is 5.76. The minimum atomic E-state index is -5.67. The molecule has 0 heterocycles. The van der Waals surface area contributed by atoms with Crippen LogP contribution in [0.4, 0.5) is 26.3 Å². The number of rotatable bonds is 7. The van der Waals surface area contributed by atoms with Crippen LogP contribution in [0, 0.1) is 40.4 Å². The molecule has 0 aromatic heterocycles. The Hall–Kier alpha value is -1.56. The second-order valence-electron chi connectivity index (χ2n) is 16.2. The van der Waals surface area contributed by atoms with E-state index in [0.29, 0.717) is 37.5 Å². The third-order valence-electron chi connectivity index (χ3n) is 11.7. The average Bonchev–Trinajstić information content (AvgIpc) is 3.54. The van der Waals surface area contributed by atoms with Gasteiger partial charge in [0.25, 0.3) is 5.60 Å². The largest absolute Gasteiger partial charge is 0.469 e. The lowest BCUT2D eigenvalue weighted by atomic mass is 9.52. The number of hydrogen-bond donors (Lipinski definition) is 2. The molecule has 6 nitrogen and oxygen atoms in total. The lowest BCUT2D eigenvalue weighted by Gasteiger charge is -2.59. The zero-order valence-corrected chi connectivity index (χ0v) is 28.4. The van der Waals surface area contributed by atoms with Gasteiger partial charge in [-0.05, 0) is 128 Å². The van der Waals surface area contributed by atoms with Crippen LogP contribution in [0.5, 0.6) is 0 Å². The quantitative estimate of drug-likeness (QED) is 0.209. The summed E-state index contributed by atoms with van der Waals surface area (Å²) in [6.07, 6.45) is -2.68. The molecule has 0 aliphatic heterocycles. The van der Waals surface area contributed by atoms with Crippen LogP contribution < -0.4 is 0 Å². The van der Waals surface area contributed by atoms with Crippen molar-refractivity contribution in [3.63, 3.8) is 0 Å². The minimum Gasteiger partial charge on any atom is -0.469 e. The predicted molar refractivity (Wildman–Crippen MR) is 159 cm³/mol. The highest BCUT2D eigenvalue weighted by Crippen LogP contribution is 2.59. The summed E-state index contributed by atoms with van der Waals surface area (Å²) in [6.45, 7) is 11.6. The fourth-order valence-electron chi connectivity index (χ4n) is 8.55. The maximum Gasteiger partial charge on any atom is 0.426 e. The first-order chi connectivity index (χ1) is 20.8. The summed E-state index contributed by atoms with van der Waals surface area (Å²) >= 11 is 0. The topological polar surface area (TPSA) is 93.1 Å². The number of methoxy groups -OCH3 is 1. The SMILES string of the molecule is CCC(C)(C)C(=O)OC.CCC(C)(C)C(=O)OC12CC3CC(CC(O)(C3)C1)C2.OC(CC1CC2CCC1C2)(C(F)(F)F)C(F)(F)F. The predicted octanol–water partition coefficient (Wildman–Crippen LogP) is 8.31. The molecule has 268 valence electrons. The maximum atomic E-state index is 12.5. The van der Waals surface area contributed by atoms with Crippen molar-refractivity contribution in [2.75, 3.05) is 7.11 Å². The Kier molecular flexibility index (Phi) is 11.3. The van der Waals surface area contributed by atoms with Gasteiger partial charge in [0, 0.05) is 6.42 Å². The van der Waals surface area contributed by atoms with Crippen LogP contribution in [-0.4, -0.2) is 58.4 Å². The van der Waals surface area contributed by atoms with E-state index < -0.39 is 41.3 Å². The van der Waals surface area contributed by atoms with E-state index in [2.05, 4.69) is 4.74 Å². The lowest BCUT2D eigenvalue weighted by Crippen LogP contribution is -2.61.